The van der Waals surface area contributed by atoms with Crippen LogP contribution >= 0.6 is 11.3 Å². The fraction of sp³-hybridized carbons (Fsp3) is 0.357. The number of nitrogens with one attached hydrogen (secondary N) is 1. The van der Waals surface area contributed by atoms with Gasteiger partial charge in [-0.25, -0.2) is 13.4 Å². The second kappa shape index (κ2) is 6.34. The van der Waals surface area contributed by atoms with Crippen molar-refractivity contribution in [2.24, 2.45) is 0 Å². The number of carbonyl (C=O) groups is 1. The monoisotopic (exact) mass is 352 g/mol. The fourth-order valence-corrected chi connectivity index (χ4v) is 4.38. The molecule has 23 heavy (non-hydrogen) atoms. The maximum absolute atomic E-state index is 12.4. The van der Waals surface area contributed by atoms with E-state index in [1.54, 1.807) is 11.6 Å². The van der Waals surface area contributed by atoms with Gasteiger partial charge >= 0.3 is 0 Å². The molecule has 122 valence electrons. The third-order valence-corrected chi connectivity index (χ3v) is 5.64. The Morgan fingerprint density at radius 1 is 1.39 bits per heavy atom. The number of amides is 1. The quantitative estimate of drug-likeness (QED) is 0.902. The summed E-state index contributed by atoms with van der Waals surface area (Å²) in [6.45, 7) is 0.383. The maximum Gasteiger partial charge on any atom is 0.244 e. The SMILES string of the molecule is CS(=O)(=O)N1CCC[C@H]1C(=O)Nc1nc(-c2ccccn2)cs1. The van der Waals surface area contributed by atoms with E-state index >= 15 is 0 Å². The molecule has 3 heterocycles. The van der Waals surface area contributed by atoms with Crippen LogP contribution in [0.15, 0.2) is 29.8 Å². The van der Waals surface area contributed by atoms with Gasteiger partial charge in [-0.3, -0.25) is 9.78 Å². The fourth-order valence-electron chi connectivity index (χ4n) is 2.55. The first-order chi connectivity index (χ1) is 10.9. The Labute approximate surface area is 138 Å². The van der Waals surface area contributed by atoms with Crippen LogP contribution in [-0.4, -0.2) is 47.4 Å². The van der Waals surface area contributed by atoms with Crippen molar-refractivity contribution >= 4 is 32.4 Å². The van der Waals surface area contributed by atoms with Crippen LogP contribution in [0.1, 0.15) is 12.8 Å². The van der Waals surface area contributed by atoms with E-state index in [1.165, 1.54) is 15.6 Å². The number of hydrogen-bond donors (Lipinski definition) is 1. The molecule has 0 unspecified atom stereocenters. The first-order valence-electron chi connectivity index (χ1n) is 7.10. The highest BCUT2D eigenvalue weighted by Gasteiger charge is 2.36. The molecule has 3 rings (SSSR count). The Bertz CT molecular complexity index is 804. The molecule has 1 atom stereocenters. The Kier molecular flexibility index (Phi) is 4.42. The summed E-state index contributed by atoms with van der Waals surface area (Å²) in [7, 11) is -3.38. The molecule has 1 N–H and O–H groups in total. The summed E-state index contributed by atoms with van der Waals surface area (Å²) in [6.07, 6.45) is 4.01. The van der Waals surface area contributed by atoms with Gasteiger partial charge < -0.3 is 5.32 Å². The summed E-state index contributed by atoms with van der Waals surface area (Å²) >= 11 is 1.29. The highest BCUT2D eigenvalue weighted by Crippen LogP contribution is 2.25. The van der Waals surface area contributed by atoms with E-state index < -0.39 is 16.1 Å². The van der Waals surface area contributed by atoms with E-state index in [0.29, 0.717) is 30.2 Å². The van der Waals surface area contributed by atoms with Gasteiger partial charge in [0.2, 0.25) is 15.9 Å². The summed E-state index contributed by atoms with van der Waals surface area (Å²) in [4.78, 5) is 20.9. The number of pyridine rings is 1. The zero-order valence-corrected chi connectivity index (χ0v) is 14.1. The topological polar surface area (TPSA) is 92.3 Å². The average Bonchev–Trinajstić information content (AvgIpc) is 3.16. The summed E-state index contributed by atoms with van der Waals surface area (Å²) in [5, 5.41) is 4.96. The second-order valence-electron chi connectivity index (χ2n) is 5.27. The molecule has 2 aromatic heterocycles. The number of carbonyl (C=O) groups excluding carboxylic acids is 1. The number of thiazole rings is 1. The first kappa shape index (κ1) is 16.0. The van der Waals surface area contributed by atoms with Gasteiger partial charge in [0.25, 0.3) is 0 Å². The van der Waals surface area contributed by atoms with E-state index in [9.17, 15) is 13.2 Å². The van der Waals surface area contributed by atoms with Gasteiger partial charge in [-0.05, 0) is 25.0 Å². The molecule has 1 fully saturated rings. The van der Waals surface area contributed by atoms with Gasteiger partial charge in [0.1, 0.15) is 11.7 Å². The maximum atomic E-state index is 12.4. The molecular formula is C14H16N4O3S2. The third kappa shape index (κ3) is 3.57. The zero-order valence-electron chi connectivity index (χ0n) is 12.5. The molecule has 1 aliphatic heterocycles. The molecule has 0 aliphatic carbocycles. The average molecular weight is 352 g/mol. The molecule has 2 aromatic rings. The van der Waals surface area contributed by atoms with Crippen LogP contribution in [0.4, 0.5) is 5.13 Å². The predicted octanol–water partition coefficient (Wildman–Crippen LogP) is 1.57. The Morgan fingerprint density at radius 3 is 2.91 bits per heavy atom. The number of aromatic nitrogens is 2. The van der Waals surface area contributed by atoms with Crippen molar-refractivity contribution in [1.29, 1.82) is 0 Å². The third-order valence-electron chi connectivity index (χ3n) is 3.59. The molecule has 1 saturated heterocycles. The lowest BCUT2D eigenvalue weighted by Gasteiger charge is -2.20. The normalized spacial score (nSPS) is 18.9. The molecule has 9 heteroatoms. The molecule has 0 aromatic carbocycles. The van der Waals surface area contributed by atoms with Crippen LogP contribution in [0, 0.1) is 0 Å². The minimum absolute atomic E-state index is 0.338. The van der Waals surface area contributed by atoms with Gasteiger partial charge in [0.05, 0.1) is 11.9 Å². The summed E-state index contributed by atoms with van der Waals surface area (Å²) in [5.74, 6) is -0.338. The van der Waals surface area contributed by atoms with E-state index in [-0.39, 0.29) is 5.91 Å². The van der Waals surface area contributed by atoms with Crippen LogP contribution in [0.5, 0.6) is 0 Å². The second-order valence-corrected chi connectivity index (χ2v) is 8.07. The van der Waals surface area contributed by atoms with Gasteiger partial charge in [-0.1, -0.05) is 6.07 Å². The molecule has 1 aliphatic rings. The van der Waals surface area contributed by atoms with Crippen LogP contribution in [0.25, 0.3) is 11.4 Å². The van der Waals surface area contributed by atoms with Gasteiger partial charge in [0.15, 0.2) is 5.13 Å². The molecule has 1 amide bonds. The molecule has 0 bridgehead atoms. The lowest BCUT2D eigenvalue weighted by molar-refractivity contribution is -0.119. The first-order valence-corrected chi connectivity index (χ1v) is 9.82. The van der Waals surface area contributed by atoms with Gasteiger partial charge in [-0.15, -0.1) is 11.3 Å². The highest BCUT2D eigenvalue weighted by molar-refractivity contribution is 7.88. The van der Waals surface area contributed by atoms with Crippen molar-refractivity contribution in [2.45, 2.75) is 18.9 Å². The van der Waals surface area contributed by atoms with Crippen molar-refractivity contribution in [2.75, 3.05) is 18.1 Å². The van der Waals surface area contributed by atoms with Gasteiger partial charge in [-0.2, -0.15) is 4.31 Å². The minimum Gasteiger partial charge on any atom is -0.301 e. The lowest BCUT2D eigenvalue weighted by atomic mass is 10.2. The van der Waals surface area contributed by atoms with Crippen molar-refractivity contribution in [3.8, 4) is 11.4 Å². The smallest absolute Gasteiger partial charge is 0.244 e. The summed E-state index contributed by atoms with van der Waals surface area (Å²) < 4.78 is 24.7. The minimum atomic E-state index is -3.38. The van der Waals surface area contributed by atoms with E-state index in [1.807, 2.05) is 18.2 Å². The van der Waals surface area contributed by atoms with Crippen molar-refractivity contribution in [3.63, 3.8) is 0 Å². The number of hydrogen-bond acceptors (Lipinski definition) is 6. The van der Waals surface area contributed by atoms with Crippen LogP contribution in [0.3, 0.4) is 0 Å². The standard InChI is InChI=1S/C14H16N4O3S2/c1-23(20,21)18-8-4-6-12(18)13(19)17-14-16-11(9-22-14)10-5-2-3-7-15-10/h2-3,5,7,9,12H,4,6,8H2,1H3,(H,16,17,19)/t12-/m0/s1. The van der Waals surface area contributed by atoms with Gasteiger partial charge in [0, 0.05) is 18.1 Å². The Morgan fingerprint density at radius 2 is 2.22 bits per heavy atom. The summed E-state index contributed by atoms with van der Waals surface area (Å²) in [5.41, 5.74) is 1.40. The Hall–Kier alpha value is -1.84. The number of anilines is 1. The number of rotatable bonds is 4. The molecule has 0 saturated carbocycles. The van der Waals surface area contributed by atoms with E-state index in [2.05, 4.69) is 15.3 Å². The van der Waals surface area contributed by atoms with E-state index in [4.69, 9.17) is 0 Å². The largest absolute Gasteiger partial charge is 0.301 e. The number of nitrogens with zero attached hydrogens (tertiary/aromatic N) is 3. The number of sulfonamides is 1. The lowest BCUT2D eigenvalue weighted by Crippen LogP contribution is -2.42. The van der Waals surface area contributed by atoms with Crippen LogP contribution in [0.2, 0.25) is 0 Å². The van der Waals surface area contributed by atoms with Crippen molar-refractivity contribution in [1.82, 2.24) is 14.3 Å². The summed E-state index contributed by atoms with van der Waals surface area (Å²) in [6, 6.07) is 4.86. The molecule has 0 spiro atoms. The molecule has 0 radical (unpaired) electrons. The van der Waals surface area contributed by atoms with Crippen molar-refractivity contribution in [3.05, 3.63) is 29.8 Å². The van der Waals surface area contributed by atoms with Crippen LogP contribution < -0.4 is 5.32 Å². The van der Waals surface area contributed by atoms with E-state index in [0.717, 1.165) is 11.9 Å². The molecule has 7 nitrogen and oxygen atoms in total. The highest BCUT2D eigenvalue weighted by atomic mass is 32.2. The van der Waals surface area contributed by atoms with Crippen LogP contribution in [-0.2, 0) is 14.8 Å². The molecular weight excluding hydrogens is 336 g/mol. The predicted molar refractivity (Wildman–Crippen MR) is 88.5 cm³/mol. The Balaban J connectivity index is 1.73. The van der Waals surface area contributed by atoms with Crippen molar-refractivity contribution < 1.29 is 13.2 Å². The zero-order chi connectivity index (χ0) is 16.4.